The van der Waals surface area contributed by atoms with Gasteiger partial charge >= 0.3 is 0 Å². The summed E-state index contributed by atoms with van der Waals surface area (Å²) in [6.45, 7) is 2.22. The fourth-order valence-corrected chi connectivity index (χ4v) is 3.04. The van der Waals surface area contributed by atoms with Crippen LogP contribution in [0.25, 0.3) is 0 Å². The Labute approximate surface area is 147 Å². The highest BCUT2D eigenvalue weighted by Gasteiger charge is 2.11. The lowest BCUT2D eigenvalue weighted by atomic mass is 10.2. The summed E-state index contributed by atoms with van der Waals surface area (Å²) in [5.41, 5.74) is 1.00. The predicted molar refractivity (Wildman–Crippen MR) is 96.1 cm³/mol. The number of aromatic nitrogens is 2. The fourth-order valence-electron chi connectivity index (χ4n) is 2.18. The number of halogens is 1. The second-order valence-corrected chi connectivity index (χ2v) is 6.85. The van der Waals surface area contributed by atoms with E-state index in [9.17, 15) is 9.59 Å². The van der Waals surface area contributed by atoms with Gasteiger partial charge in [0.2, 0.25) is 0 Å². The Morgan fingerprint density at radius 2 is 2.08 bits per heavy atom. The number of aryl methyl sites for hydroxylation is 1. The van der Waals surface area contributed by atoms with E-state index < -0.39 is 0 Å². The average Bonchev–Trinajstić information content (AvgIpc) is 2.96. The van der Waals surface area contributed by atoms with E-state index in [1.165, 1.54) is 34.2 Å². The highest BCUT2D eigenvalue weighted by molar-refractivity contribution is 7.15. The lowest BCUT2D eigenvalue weighted by Gasteiger charge is -2.09. The Balaban J connectivity index is 1.84. The van der Waals surface area contributed by atoms with Gasteiger partial charge < -0.3 is 4.57 Å². The number of carbonyl (C=O) groups is 1. The van der Waals surface area contributed by atoms with Gasteiger partial charge in [0.05, 0.1) is 12.1 Å². The minimum atomic E-state index is -0.308. The molecule has 2 aromatic heterocycles. The molecule has 5 nitrogen and oxygen atoms in total. The molecule has 0 saturated carbocycles. The summed E-state index contributed by atoms with van der Waals surface area (Å²) >= 11 is 7.53. The Bertz CT molecular complexity index is 949. The average molecular weight is 360 g/mol. The zero-order valence-corrected chi connectivity index (χ0v) is 14.4. The molecule has 0 spiro atoms. The largest absolute Gasteiger partial charge is 0.310 e. The number of rotatable bonds is 4. The van der Waals surface area contributed by atoms with Crippen molar-refractivity contribution in [3.8, 4) is 0 Å². The van der Waals surface area contributed by atoms with Crippen molar-refractivity contribution in [3.63, 3.8) is 0 Å². The van der Waals surface area contributed by atoms with Gasteiger partial charge in [-0.15, -0.1) is 11.3 Å². The number of benzene rings is 1. The van der Waals surface area contributed by atoms with Gasteiger partial charge in [0, 0.05) is 28.4 Å². The van der Waals surface area contributed by atoms with Crippen LogP contribution < -0.4 is 10.9 Å². The van der Waals surface area contributed by atoms with Crippen molar-refractivity contribution >= 4 is 34.0 Å². The summed E-state index contributed by atoms with van der Waals surface area (Å²) in [5.74, 6) is -0.308. The van der Waals surface area contributed by atoms with Crippen LogP contribution in [0, 0.1) is 6.92 Å². The highest BCUT2D eigenvalue weighted by Crippen LogP contribution is 2.18. The van der Waals surface area contributed by atoms with E-state index in [-0.39, 0.29) is 11.5 Å². The van der Waals surface area contributed by atoms with Crippen molar-refractivity contribution in [2.45, 2.75) is 13.5 Å². The van der Waals surface area contributed by atoms with Crippen LogP contribution in [0.15, 0.2) is 53.6 Å². The monoisotopic (exact) mass is 359 g/mol. The van der Waals surface area contributed by atoms with Crippen LogP contribution in [0.2, 0.25) is 5.02 Å². The van der Waals surface area contributed by atoms with Gasteiger partial charge in [-0.3, -0.25) is 14.9 Å². The van der Waals surface area contributed by atoms with Gasteiger partial charge in [0.25, 0.3) is 11.5 Å². The molecule has 0 radical (unpaired) electrons. The maximum Gasteiger partial charge on any atom is 0.258 e. The first-order valence-electron chi connectivity index (χ1n) is 7.20. The molecule has 1 amide bonds. The Morgan fingerprint density at radius 1 is 1.29 bits per heavy atom. The second-order valence-electron chi connectivity index (χ2n) is 5.21. The van der Waals surface area contributed by atoms with E-state index in [0.29, 0.717) is 22.3 Å². The summed E-state index contributed by atoms with van der Waals surface area (Å²) < 4.78 is 1.46. The number of thiazole rings is 1. The summed E-state index contributed by atoms with van der Waals surface area (Å²) in [6.07, 6.45) is 3.22. The zero-order valence-electron chi connectivity index (χ0n) is 12.8. The molecular formula is C17H14ClN3O2S. The number of amides is 1. The molecule has 0 fully saturated rings. The van der Waals surface area contributed by atoms with Crippen LogP contribution in [-0.2, 0) is 6.54 Å². The number of hydrogen-bond acceptors (Lipinski definition) is 4. The normalized spacial score (nSPS) is 10.6. The van der Waals surface area contributed by atoms with Crippen LogP contribution >= 0.6 is 22.9 Å². The van der Waals surface area contributed by atoms with Gasteiger partial charge in [0.15, 0.2) is 5.13 Å². The number of pyridine rings is 1. The van der Waals surface area contributed by atoms with E-state index in [4.69, 9.17) is 11.6 Å². The van der Waals surface area contributed by atoms with Crippen molar-refractivity contribution in [2.75, 3.05) is 5.32 Å². The van der Waals surface area contributed by atoms with E-state index in [2.05, 4.69) is 10.3 Å². The second kappa shape index (κ2) is 6.98. The number of nitrogens with zero attached hydrogens (tertiary/aromatic N) is 2. The molecule has 0 bridgehead atoms. The summed E-state index contributed by atoms with van der Waals surface area (Å²) in [4.78, 5) is 29.5. The molecule has 0 atom stereocenters. The highest BCUT2D eigenvalue weighted by atomic mass is 35.5. The predicted octanol–water partition coefficient (Wildman–Crippen LogP) is 3.57. The van der Waals surface area contributed by atoms with Gasteiger partial charge in [-0.1, -0.05) is 29.8 Å². The van der Waals surface area contributed by atoms with Crippen LogP contribution in [0.4, 0.5) is 5.13 Å². The van der Waals surface area contributed by atoms with Gasteiger partial charge in [-0.25, -0.2) is 4.98 Å². The van der Waals surface area contributed by atoms with Crippen LogP contribution in [0.3, 0.4) is 0 Å². The Kier molecular flexibility index (Phi) is 4.78. The van der Waals surface area contributed by atoms with E-state index in [1.807, 2.05) is 25.1 Å². The lowest BCUT2D eigenvalue weighted by molar-refractivity contribution is 0.102. The van der Waals surface area contributed by atoms with Crippen LogP contribution in [-0.4, -0.2) is 15.5 Å². The molecule has 0 aliphatic heterocycles. The topological polar surface area (TPSA) is 64.0 Å². The molecule has 0 unspecified atom stereocenters. The number of nitrogens with one attached hydrogen (secondary N) is 1. The molecule has 3 aromatic rings. The summed E-state index contributed by atoms with van der Waals surface area (Å²) in [7, 11) is 0. The van der Waals surface area contributed by atoms with E-state index in [1.54, 1.807) is 12.3 Å². The molecule has 1 aromatic carbocycles. The van der Waals surface area contributed by atoms with Crippen molar-refractivity contribution in [1.82, 2.24) is 9.55 Å². The first-order valence-corrected chi connectivity index (χ1v) is 8.40. The van der Waals surface area contributed by atoms with Gasteiger partial charge in [-0.05, 0) is 24.6 Å². The maximum atomic E-state index is 12.3. The van der Waals surface area contributed by atoms with Crippen molar-refractivity contribution in [1.29, 1.82) is 0 Å². The molecule has 7 heteroatoms. The molecular weight excluding hydrogens is 346 g/mol. The number of carbonyl (C=O) groups excluding carboxylic acids is 1. The molecule has 0 saturated heterocycles. The molecule has 0 aliphatic rings. The molecule has 24 heavy (non-hydrogen) atoms. The van der Waals surface area contributed by atoms with Crippen molar-refractivity contribution in [3.05, 3.63) is 80.2 Å². The quantitative estimate of drug-likeness (QED) is 0.774. The Hall–Kier alpha value is -2.44. The van der Waals surface area contributed by atoms with Crippen LogP contribution in [0.1, 0.15) is 20.8 Å². The van der Waals surface area contributed by atoms with Gasteiger partial charge in [0.1, 0.15) is 0 Å². The van der Waals surface area contributed by atoms with Crippen molar-refractivity contribution in [2.24, 2.45) is 0 Å². The van der Waals surface area contributed by atoms with E-state index in [0.717, 1.165) is 10.4 Å². The third-order valence-corrected chi connectivity index (χ3v) is 4.58. The SMILES string of the molecule is Cc1cnc(NC(=O)c2ccc(=O)n(Cc3ccccc3Cl)c2)s1. The van der Waals surface area contributed by atoms with E-state index >= 15 is 0 Å². The number of hydrogen-bond donors (Lipinski definition) is 1. The lowest BCUT2D eigenvalue weighted by Crippen LogP contribution is -2.22. The smallest absolute Gasteiger partial charge is 0.258 e. The summed E-state index contributed by atoms with van der Waals surface area (Å²) in [5, 5.41) is 3.84. The fraction of sp³-hybridized carbons (Fsp3) is 0.118. The molecule has 1 N–H and O–H groups in total. The minimum absolute atomic E-state index is 0.198. The maximum absolute atomic E-state index is 12.3. The minimum Gasteiger partial charge on any atom is -0.310 e. The standard InChI is InChI=1S/C17H14ClN3O2S/c1-11-8-19-17(24-11)20-16(23)13-6-7-15(22)21(10-13)9-12-4-2-3-5-14(12)18/h2-8,10H,9H2,1H3,(H,19,20,23). The first-order chi connectivity index (χ1) is 11.5. The summed E-state index contributed by atoms with van der Waals surface area (Å²) in [6, 6.07) is 10.2. The zero-order chi connectivity index (χ0) is 17.1. The third kappa shape index (κ3) is 3.72. The molecule has 2 heterocycles. The molecule has 122 valence electrons. The third-order valence-electron chi connectivity index (χ3n) is 3.39. The molecule has 0 aliphatic carbocycles. The molecule has 3 rings (SSSR count). The van der Waals surface area contributed by atoms with Crippen LogP contribution in [0.5, 0.6) is 0 Å². The number of anilines is 1. The first kappa shape index (κ1) is 16.4. The Morgan fingerprint density at radius 3 is 2.79 bits per heavy atom. The van der Waals surface area contributed by atoms with Gasteiger partial charge in [-0.2, -0.15) is 0 Å². The van der Waals surface area contributed by atoms with Crippen molar-refractivity contribution < 1.29 is 4.79 Å².